The minimum atomic E-state index is -1.71. The van der Waals surface area contributed by atoms with Gasteiger partial charge in [0.05, 0.1) is 30.4 Å². The number of unbranched alkanes of at least 4 members (excludes halogenated alkanes) is 2. The zero-order valence-electron chi connectivity index (χ0n) is 49.5. The van der Waals surface area contributed by atoms with Gasteiger partial charge >= 0.3 is 13.2 Å². The molecule has 2 aromatic rings. The van der Waals surface area contributed by atoms with E-state index in [4.69, 9.17) is 24.5 Å². The van der Waals surface area contributed by atoms with Crippen LogP contribution in [-0.4, -0.2) is 134 Å². The first-order chi connectivity index (χ1) is 37.6. The van der Waals surface area contributed by atoms with Crippen molar-refractivity contribution in [2.45, 2.75) is 201 Å². The first kappa shape index (κ1) is 65.2. The second-order valence-electron chi connectivity index (χ2n) is 24.7. The average Bonchev–Trinajstić information content (AvgIpc) is 3.76. The van der Waals surface area contributed by atoms with E-state index >= 15 is 0 Å². The number of aryl methyl sites for hydroxylation is 1. The number of aliphatic hydroxyl groups is 1. The van der Waals surface area contributed by atoms with Crippen molar-refractivity contribution in [3.8, 4) is 11.1 Å². The predicted molar refractivity (Wildman–Crippen MR) is 306 cm³/mol. The number of rotatable bonds is 30. The summed E-state index contributed by atoms with van der Waals surface area (Å²) >= 11 is 0. The molecule has 444 valence electrons. The normalized spacial score (nSPS) is 21.4. The molecule has 0 spiro atoms. The van der Waals surface area contributed by atoms with Gasteiger partial charge in [0.25, 0.3) is 11.8 Å². The molecule has 0 aromatic heterocycles. The molecule has 0 radical (unpaired) electrons. The molecule has 1 aliphatic heterocycles. The molecule has 7 amide bonds. The Morgan fingerprint density at radius 3 is 2.01 bits per heavy atom. The Balaban J connectivity index is 1.22. The molecule has 2 bridgehead atoms. The Bertz CT molecular complexity index is 2400. The van der Waals surface area contributed by atoms with E-state index in [-0.39, 0.29) is 74.1 Å². The number of carbonyl (C=O) groups excluding carboxylic acids is 7. The van der Waals surface area contributed by atoms with E-state index in [1.807, 2.05) is 46.8 Å². The molecule has 20 nitrogen and oxygen atoms in total. The topological polar surface area (TPSA) is 287 Å². The number of hydrogen-bond acceptors (Lipinski definition) is 13. The summed E-state index contributed by atoms with van der Waals surface area (Å²) in [5.74, 6) is -4.30. The summed E-state index contributed by atoms with van der Waals surface area (Å²) in [6.07, 6.45) is 2.47. The lowest BCUT2D eigenvalue weighted by atomic mass is 9.43. The van der Waals surface area contributed by atoms with Gasteiger partial charge in [-0.15, -0.1) is 0 Å². The van der Waals surface area contributed by atoms with Crippen LogP contribution in [0.1, 0.15) is 157 Å². The van der Waals surface area contributed by atoms with Crippen LogP contribution in [0.5, 0.6) is 0 Å². The fourth-order valence-electron chi connectivity index (χ4n) is 10.9. The zero-order chi connectivity index (χ0) is 59.1. The highest BCUT2D eigenvalue weighted by Gasteiger charge is 2.68. The number of alkyl carbamates (subject to hydrolysis) is 1. The highest BCUT2D eigenvalue weighted by molar-refractivity contribution is 6.48. The lowest BCUT2D eigenvalue weighted by molar-refractivity contribution is -0.199. The summed E-state index contributed by atoms with van der Waals surface area (Å²) in [6, 6.07) is 11.8. The van der Waals surface area contributed by atoms with Crippen LogP contribution in [0.25, 0.3) is 11.1 Å². The van der Waals surface area contributed by atoms with Gasteiger partial charge in [-0.25, -0.2) is 4.79 Å². The van der Waals surface area contributed by atoms with Crippen molar-refractivity contribution in [3.63, 3.8) is 0 Å². The molecule has 4 fully saturated rings. The Hall–Kier alpha value is -5.61. The van der Waals surface area contributed by atoms with Crippen LogP contribution in [0, 0.1) is 29.1 Å². The fraction of sp³-hybridized carbons (Fsp3) is 0.678. The van der Waals surface area contributed by atoms with Gasteiger partial charge in [0.2, 0.25) is 23.6 Å². The highest BCUT2D eigenvalue weighted by Crippen LogP contribution is 2.65. The number of amides is 7. The number of nitrogens with two attached hydrogens (primary N) is 1. The predicted octanol–water partition coefficient (Wildman–Crippen LogP) is 5.22. The molecule has 3 saturated carbocycles. The number of aliphatic hydroxyl groups excluding tert-OH is 1. The zero-order valence-corrected chi connectivity index (χ0v) is 49.5. The standard InChI is InChI=1S/C59H93BN8O12/c1-13-14-17-38-19-21-39(22-20-38)40-23-25-41(26-24-40)51(71)62-29-27-48(70)64-43(18-15-16-28-63-56(76)78-57(7,8)9)52(72)67-49(37(6)77-34-36(4)5)54(74)68-50(61)55(75)65-44(30-35(2)3)53(73)66-47(33-69)60-79-46-32-42-31-45(58(42,10)11)59(46,12)80-60/h19-26,35-37,42-47,49-50,69H,13-18,27-34,61H2,1-12H3,(H,62,71)(H,63,76)(H,64,70)(H,65,75)(H,66,73)(H,67,72)(H,68,74)/t37?,42-,43-,44?,45-,46?,47-,49-,50+,59-/m0/s1. The van der Waals surface area contributed by atoms with E-state index in [1.54, 1.807) is 39.8 Å². The first-order valence-corrected chi connectivity index (χ1v) is 28.9. The minimum absolute atomic E-state index is 0.0373. The molecule has 10 atom stereocenters. The quantitative estimate of drug-likeness (QED) is 0.0276. The molecule has 2 aromatic carbocycles. The SMILES string of the molecule is CCCCc1ccc(-c2ccc(C(=O)NCCC(=O)N[C@@H](CCCCNC(=O)OC(C)(C)C)C(=O)N[C@H](C(=O)N[C@@H](N)C(=O)NC(CC(C)C)C(=O)N[C@@H](CO)B3OC4C[C@@H]5C[C@@H](C5(C)C)[C@]4(C)O3)C(C)OCC(C)C)cc2)cc1. The van der Waals surface area contributed by atoms with Crippen molar-refractivity contribution in [2.75, 3.05) is 26.3 Å². The molecule has 10 N–H and O–H groups in total. The largest absolute Gasteiger partial charge is 0.484 e. The van der Waals surface area contributed by atoms with E-state index in [2.05, 4.69) is 82.3 Å². The van der Waals surface area contributed by atoms with E-state index in [0.717, 1.165) is 43.2 Å². The van der Waals surface area contributed by atoms with Gasteiger partial charge in [-0.3, -0.25) is 28.8 Å². The molecular weight excluding hydrogens is 1020 g/mol. The van der Waals surface area contributed by atoms with Crippen molar-refractivity contribution in [3.05, 3.63) is 59.7 Å². The fourth-order valence-corrected chi connectivity index (χ4v) is 10.9. The van der Waals surface area contributed by atoms with E-state index in [9.17, 15) is 38.7 Å². The molecule has 1 saturated heterocycles. The third kappa shape index (κ3) is 18.5. The van der Waals surface area contributed by atoms with Gasteiger partial charge in [0, 0.05) is 31.7 Å². The Morgan fingerprint density at radius 1 is 0.762 bits per heavy atom. The summed E-state index contributed by atoms with van der Waals surface area (Å²) in [5, 5.41) is 29.4. The minimum Gasteiger partial charge on any atom is -0.444 e. The Kier molecular flexibility index (Phi) is 24.0. The smallest absolute Gasteiger partial charge is 0.444 e. The van der Waals surface area contributed by atoms with Crippen molar-refractivity contribution >= 4 is 48.7 Å². The van der Waals surface area contributed by atoms with Gasteiger partial charge in [-0.2, -0.15) is 0 Å². The Labute approximate surface area is 474 Å². The lowest BCUT2D eigenvalue weighted by Gasteiger charge is -2.64. The van der Waals surface area contributed by atoms with Crippen molar-refractivity contribution in [1.29, 1.82) is 0 Å². The maximum Gasteiger partial charge on any atom is 0.484 e. The van der Waals surface area contributed by atoms with Gasteiger partial charge in [0.1, 0.15) is 23.7 Å². The Morgan fingerprint density at radius 2 is 1.41 bits per heavy atom. The maximum absolute atomic E-state index is 14.3. The summed E-state index contributed by atoms with van der Waals surface area (Å²) in [4.78, 5) is 95.2. The van der Waals surface area contributed by atoms with Crippen LogP contribution in [0.15, 0.2) is 48.5 Å². The second-order valence-corrected chi connectivity index (χ2v) is 24.7. The van der Waals surface area contributed by atoms with Gasteiger partial charge in [-0.05, 0) is 144 Å². The van der Waals surface area contributed by atoms with Crippen LogP contribution in [0.4, 0.5) is 4.79 Å². The highest BCUT2D eigenvalue weighted by atomic mass is 16.7. The molecule has 1 heterocycles. The number of benzene rings is 2. The number of nitrogens with one attached hydrogen (secondary N) is 7. The monoisotopic (exact) mass is 1120 g/mol. The van der Waals surface area contributed by atoms with Crippen molar-refractivity contribution < 1.29 is 57.5 Å². The summed E-state index contributed by atoms with van der Waals surface area (Å²) in [6.45, 7) is 22.9. The third-order valence-electron chi connectivity index (χ3n) is 15.6. The molecule has 3 unspecified atom stereocenters. The third-order valence-corrected chi connectivity index (χ3v) is 15.6. The van der Waals surface area contributed by atoms with Crippen LogP contribution < -0.4 is 43.0 Å². The van der Waals surface area contributed by atoms with Crippen LogP contribution >= 0.6 is 0 Å². The molecule has 21 heteroatoms. The molecule has 6 rings (SSSR count). The van der Waals surface area contributed by atoms with Crippen molar-refractivity contribution in [1.82, 2.24) is 37.2 Å². The van der Waals surface area contributed by atoms with E-state index in [0.29, 0.717) is 24.3 Å². The molecule has 80 heavy (non-hydrogen) atoms. The van der Waals surface area contributed by atoms with E-state index in [1.165, 1.54) is 5.56 Å². The molecular formula is C59H93BN8O12. The van der Waals surface area contributed by atoms with E-state index < -0.39 is 96.9 Å². The van der Waals surface area contributed by atoms with Crippen LogP contribution in [0.3, 0.4) is 0 Å². The summed E-state index contributed by atoms with van der Waals surface area (Å²) in [7, 11) is -0.918. The summed E-state index contributed by atoms with van der Waals surface area (Å²) in [5.41, 5.74) is 8.79. The number of carbonyl (C=O) groups is 7. The van der Waals surface area contributed by atoms with Crippen LogP contribution in [-0.2, 0) is 49.2 Å². The van der Waals surface area contributed by atoms with Gasteiger partial charge in [-0.1, -0.05) is 91.3 Å². The van der Waals surface area contributed by atoms with Crippen LogP contribution in [0.2, 0.25) is 0 Å². The first-order valence-electron chi connectivity index (χ1n) is 28.9. The summed E-state index contributed by atoms with van der Waals surface area (Å²) < 4.78 is 24.2. The molecule has 3 aliphatic carbocycles. The van der Waals surface area contributed by atoms with Crippen molar-refractivity contribution in [2.24, 2.45) is 34.8 Å². The average molecular weight is 1120 g/mol. The maximum atomic E-state index is 14.3. The lowest BCUT2D eigenvalue weighted by Crippen LogP contribution is -2.65. The van der Waals surface area contributed by atoms with Gasteiger partial charge in [0.15, 0.2) is 6.17 Å². The number of ether oxygens (including phenoxy) is 2. The molecule has 4 aliphatic rings. The second kappa shape index (κ2) is 29.4. The van der Waals surface area contributed by atoms with Gasteiger partial charge < -0.3 is 66.8 Å². The number of hydrogen-bond donors (Lipinski definition) is 9.